The standard InChI is InChI=1S/C21H24N2O/c22-17-18-10-11-20(19-8-3-1-4-9-19)21(16-18)24-15-7-14-23-12-5-2-6-13-23/h1,3-4,8-11,16H,2,5-7,12-15H2. The highest BCUT2D eigenvalue weighted by atomic mass is 16.5. The maximum atomic E-state index is 9.15. The lowest BCUT2D eigenvalue weighted by Gasteiger charge is -2.26. The smallest absolute Gasteiger partial charge is 0.128 e. The van der Waals surface area contributed by atoms with Crippen molar-refractivity contribution in [2.75, 3.05) is 26.2 Å². The molecule has 1 heterocycles. The Kier molecular flexibility index (Phi) is 5.87. The van der Waals surface area contributed by atoms with Crippen molar-refractivity contribution in [3.8, 4) is 22.9 Å². The average molecular weight is 320 g/mol. The van der Waals surface area contributed by atoms with Crippen LogP contribution in [0.2, 0.25) is 0 Å². The molecule has 0 spiro atoms. The molecule has 1 aliphatic heterocycles. The fourth-order valence-electron chi connectivity index (χ4n) is 3.22. The van der Waals surface area contributed by atoms with Crippen molar-refractivity contribution < 1.29 is 4.74 Å². The van der Waals surface area contributed by atoms with Gasteiger partial charge in [0.05, 0.1) is 18.2 Å². The first-order valence-electron chi connectivity index (χ1n) is 8.81. The molecule has 2 aromatic carbocycles. The molecule has 2 aromatic rings. The molecule has 0 radical (unpaired) electrons. The van der Waals surface area contributed by atoms with Gasteiger partial charge < -0.3 is 9.64 Å². The van der Waals surface area contributed by atoms with Gasteiger partial charge in [-0.15, -0.1) is 0 Å². The van der Waals surface area contributed by atoms with Crippen molar-refractivity contribution >= 4 is 0 Å². The first kappa shape index (κ1) is 16.5. The van der Waals surface area contributed by atoms with Crippen LogP contribution in [0.4, 0.5) is 0 Å². The van der Waals surface area contributed by atoms with Crippen LogP contribution in [-0.4, -0.2) is 31.1 Å². The van der Waals surface area contributed by atoms with Crippen molar-refractivity contribution in [3.63, 3.8) is 0 Å². The van der Waals surface area contributed by atoms with E-state index in [1.54, 1.807) is 0 Å². The highest BCUT2D eigenvalue weighted by molar-refractivity contribution is 5.71. The van der Waals surface area contributed by atoms with Crippen LogP contribution >= 0.6 is 0 Å². The van der Waals surface area contributed by atoms with Gasteiger partial charge in [-0.3, -0.25) is 0 Å². The van der Waals surface area contributed by atoms with Crippen LogP contribution in [0.25, 0.3) is 11.1 Å². The minimum absolute atomic E-state index is 0.640. The number of hydrogen-bond donors (Lipinski definition) is 0. The largest absolute Gasteiger partial charge is 0.493 e. The van der Waals surface area contributed by atoms with Crippen LogP contribution < -0.4 is 4.74 Å². The number of rotatable bonds is 6. The first-order chi connectivity index (χ1) is 11.9. The monoisotopic (exact) mass is 320 g/mol. The Balaban J connectivity index is 1.64. The minimum atomic E-state index is 0.640. The quantitative estimate of drug-likeness (QED) is 0.736. The van der Waals surface area contributed by atoms with Gasteiger partial charge in [0.1, 0.15) is 5.75 Å². The summed E-state index contributed by atoms with van der Waals surface area (Å²) in [5, 5.41) is 9.15. The molecule has 0 atom stereocenters. The van der Waals surface area contributed by atoms with Gasteiger partial charge in [0.2, 0.25) is 0 Å². The Morgan fingerprint density at radius 1 is 1.00 bits per heavy atom. The molecule has 0 saturated carbocycles. The van der Waals surface area contributed by atoms with Gasteiger partial charge in [0.25, 0.3) is 0 Å². The number of hydrogen-bond acceptors (Lipinski definition) is 3. The highest BCUT2D eigenvalue weighted by Gasteiger charge is 2.11. The predicted molar refractivity (Wildman–Crippen MR) is 97.0 cm³/mol. The second kappa shape index (κ2) is 8.52. The first-order valence-corrected chi connectivity index (χ1v) is 8.81. The molecule has 0 aliphatic carbocycles. The van der Waals surface area contributed by atoms with Crippen molar-refractivity contribution in [2.45, 2.75) is 25.7 Å². The summed E-state index contributed by atoms with van der Waals surface area (Å²) in [6.07, 6.45) is 5.03. The second-order valence-electron chi connectivity index (χ2n) is 6.29. The number of benzene rings is 2. The van der Waals surface area contributed by atoms with E-state index in [9.17, 15) is 0 Å². The fourth-order valence-corrected chi connectivity index (χ4v) is 3.22. The molecule has 3 heteroatoms. The third kappa shape index (κ3) is 4.37. The maximum Gasteiger partial charge on any atom is 0.128 e. The number of nitrogens with zero attached hydrogens (tertiary/aromatic N) is 2. The lowest BCUT2D eigenvalue weighted by molar-refractivity contribution is 0.205. The van der Waals surface area contributed by atoms with Gasteiger partial charge >= 0.3 is 0 Å². The van der Waals surface area contributed by atoms with E-state index < -0.39 is 0 Å². The van der Waals surface area contributed by atoms with Crippen LogP contribution in [0.5, 0.6) is 5.75 Å². The molecule has 0 aromatic heterocycles. The molecule has 0 N–H and O–H groups in total. The molecule has 0 amide bonds. The average Bonchev–Trinajstić information content (AvgIpc) is 2.66. The van der Waals surface area contributed by atoms with E-state index in [1.807, 2.05) is 36.4 Å². The Bertz CT molecular complexity index is 685. The van der Waals surface area contributed by atoms with Crippen molar-refractivity contribution in [3.05, 3.63) is 54.1 Å². The van der Waals surface area contributed by atoms with Gasteiger partial charge in [0, 0.05) is 12.1 Å². The molecule has 1 fully saturated rings. The van der Waals surface area contributed by atoms with Gasteiger partial charge in [-0.25, -0.2) is 0 Å². The molecular weight excluding hydrogens is 296 g/mol. The molecule has 0 bridgehead atoms. The SMILES string of the molecule is N#Cc1ccc(-c2ccccc2)c(OCCCN2CCCCC2)c1. The highest BCUT2D eigenvalue weighted by Crippen LogP contribution is 2.31. The zero-order valence-corrected chi connectivity index (χ0v) is 14.1. The van der Waals surface area contributed by atoms with E-state index in [0.717, 1.165) is 29.8 Å². The minimum Gasteiger partial charge on any atom is -0.493 e. The summed E-state index contributed by atoms with van der Waals surface area (Å²) in [5.41, 5.74) is 2.81. The Morgan fingerprint density at radius 2 is 1.79 bits per heavy atom. The Morgan fingerprint density at radius 3 is 2.54 bits per heavy atom. The topological polar surface area (TPSA) is 36.3 Å². The normalized spacial score (nSPS) is 15.0. The fraction of sp³-hybridized carbons (Fsp3) is 0.381. The van der Waals surface area contributed by atoms with Gasteiger partial charge in [-0.05, 0) is 56.1 Å². The summed E-state index contributed by atoms with van der Waals surface area (Å²) in [5.74, 6) is 0.805. The van der Waals surface area contributed by atoms with Crippen LogP contribution in [0.15, 0.2) is 48.5 Å². The number of likely N-dealkylation sites (tertiary alicyclic amines) is 1. The van der Waals surface area contributed by atoms with E-state index >= 15 is 0 Å². The Labute approximate surface area is 144 Å². The number of ether oxygens (including phenoxy) is 1. The van der Waals surface area contributed by atoms with Crippen molar-refractivity contribution in [1.82, 2.24) is 4.90 Å². The molecule has 3 rings (SSSR count). The lowest BCUT2D eigenvalue weighted by Crippen LogP contribution is -2.31. The van der Waals surface area contributed by atoms with Crippen LogP contribution in [-0.2, 0) is 0 Å². The van der Waals surface area contributed by atoms with Crippen LogP contribution in [0, 0.1) is 11.3 Å². The summed E-state index contributed by atoms with van der Waals surface area (Å²) in [7, 11) is 0. The molecule has 1 aliphatic rings. The number of nitriles is 1. The van der Waals surface area contributed by atoms with E-state index in [1.165, 1.54) is 32.4 Å². The van der Waals surface area contributed by atoms with E-state index in [2.05, 4.69) is 23.1 Å². The zero-order valence-electron chi connectivity index (χ0n) is 14.1. The third-order valence-corrected chi connectivity index (χ3v) is 4.52. The zero-order chi connectivity index (χ0) is 16.6. The second-order valence-corrected chi connectivity index (χ2v) is 6.29. The summed E-state index contributed by atoms with van der Waals surface area (Å²) in [4.78, 5) is 2.52. The molecule has 124 valence electrons. The summed E-state index contributed by atoms with van der Waals surface area (Å²) in [6, 6.07) is 18.1. The summed E-state index contributed by atoms with van der Waals surface area (Å²) < 4.78 is 6.05. The van der Waals surface area contributed by atoms with Crippen molar-refractivity contribution in [1.29, 1.82) is 5.26 Å². The van der Waals surface area contributed by atoms with Crippen molar-refractivity contribution in [2.24, 2.45) is 0 Å². The third-order valence-electron chi connectivity index (χ3n) is 4.52. The van der Waals surface area contributed by atoms with Gasteiger partial charge in [0.15, 0.2) is 0 Å². The lowest BCUT2D eigenvalue weighted by atomic mass is 10.0. The van der Waals surface area contributed by atoms with Gasteiger partial charge in [-0.1, -0.05) is 36.8 Å². The summed E-state index contributed by atoms with van der Waals surface area (Å²) >= 11 is 0. The molecule has 1 saturated heterocycles. The van der Waals surface area contributed by atoms with Gasteiger partial charge in [-0.2, -0.15) is 5.26 Å². The molecule has 24 heavy (non-hydrogen) atoms. The predicted octanol–water partition coefficient (Wildman–Crippen LogP) is 4.48. The van der Waals surface area contributed by atoms with Crippen LogP contribution in [0.3, 0.4) is 0 Å². The van der Waals surface area contributed by atoms with Crippen LogP contribution in [0.1, 0.15) is 31.2 Å². The maximum absolute atomic E-state index is 9.15. The molecule has 0 unspecified atom stereocenters. The Hall–Kier alpha value is -2.31. The van der Waals surface area contributed by atoms with E-state index in [4.69, 9.17) is 10.00 Å². The van der Waals surface area contributed by atoms with E-state index in [0.29, 0.717) is 12.2 Å². The molecule has 3 nitrogen and oxygen atoms in total. The van der Waals surface area contributed by atoms with E-state index in [-0.39, 0.29) is 0 Å². The molecular formula is C21H24N2O. The number of piperidine rings is 1. The summed E-state index contributed by atoms with van der Waals surface area (Å²) in [6.45, 7) is 4.22.